The number of esters is 1. The molecule has 0 aromatic rings. The Labute approximate surface area is 152 Å². The predicted molar refractivity (Wildman–Crippen MR) is 107 cm³/mol. The van der Waals surface area contributed by atoms with Crippen LogP contribution in [0.5, 0.6) is 0 Å². The maximum atomic E-state index is 10.9. The Morgan fingerprint density at radius 3 is 2.38 bits per heavy atom. The van der Waals surface area contributed by atoms with Gasteiger partial charge in [0, 0.05) is 6.08 Å². The van der Waals surface area contributed by atoms with Gasteiger partial charge in [0.2, 0.25) is 0 Å². The van der Waals surface area contributed by atoms with Gasteiger partial charge in [0.25, 0.3) is 0 Å². The highest BCUT2D eigenvalue weighted by Gasteiger charge is 2.27. The molecule has 0 spiro atoms. The number of hydrogen-bond acceptors (Lipinski definition) is 6. The van der Waals surface area contributed by atoms with Crippen molar-refractivity contribution in [2.75, 3.05) is 19.4 Å². The number of carbonyl (C=O) groups is 1. The molecule has 0 aromatic heterocycles. The number of carbonyl (C=O) groups excluding carboxylic acids is 1. The minimum atomic E-state index is -1.92. The molecule has 10 heteroatoms. The molecule has 140 valence electrons. The monoisotopic (exact) mass is 408 g/mol. The lowest BCUT2D eigenvalue weighted by molar-refractivity contribution is -0.141. The van der Waals surface area contributed by atoms with E-state index < -0.39 is 48.2 Å². The normalized spacial score (nSPS) is 14.4. The van der Waals surface area contributed by atoms with E-state index in [4.69, 9.17) is 17.7 Å². The van der Waals surface area contributed by atoms with Gasteiger partial charge in [-0.25, -0.2) is 4.79 Å². The first-order valence-corrected chi connectivity index (χ1v) is 17.2. The SMILES string of the molecule is C=CC(=O)OCC(O)COC[SiH2]O[Si](C)(C)C(=C)[SiH2]O[Si](C)(C)C. The van der Waals surface area contributed by atoms with Gasteiger partial charge in [-0.2, -0.15) is 0 Å². The van der Waals surface area contributed by atoms with Gasteiger partial charge < -0.3 is 22.8 Å². The van der Waals surface area contributed by atoms with E-state index in [-0.39, 0.29) is 13.2 Å². The van der Waals surface area contributed by atoms with E-state index in [1.165, 1.54) is 4.82 Å². The van der Waals surface area contributed by atoms with E-state index in [0.29, 0.717) is 6.23 Å². The minimum absolute atomic E-state index is 0.0933. The van der Waals surface area contributed by atoms with Gasteiger partial charge in [0.15, 0.2) is 36.2 Å². The van der Waals surface area contributed by atoms with Crippen molar-refractivity contribution in [3.8, 4) is 0 Å². The molecule has 0 radical (unpaired) electrons. The Morgan fingerprint density at radius 1 is 1.21 bits per heavy atom. The van der Waals surface area contributed by atoms with E-state index in [0.717, 1.165) is 6.08 Å². The summed E-state index contributed by atoms with van der Waals surface area (Å²) in [5.74, 6) is -0.553. The van der Waals surface area contributed by atoms with Gasteiger partial charge in [-0.1, -0.05) is 11.4 Å². The molecule has 0 amide bonds. The number of ether oxygens (including phenoxy) is 2. The summed E-state index contributed by atoms with van der Waals surface area (Å²) in [6.45, 7) is 18.3. The molecule has 0 aliphatic heterocycles. The average molecular weight is 409 g/mol. The average Bonchev–Trinajstić information content (AvgIpc) is 2.48. The van der Waals surface area contributed by atoms with Crippen LogP contribution in [0.2, 0.25) is 32.7 Å². The molecule has 6 nitrogen and oxygen atoms in total. The van der Waals surface area contributed by atoms with E-state index in [2.05, 4.69) is 45.9 Å². The molecule has 1 N–H and O–H groups in total. The highest BCUT2D eigenvalue weighted by Crippen LogP contribution is 2.15. The lowest BCUT2D eigenvalue weighted by Crippen LogP contribution is -2.41. The van der Waals surface area contributed by atoms with E-state index in [1.54, 1.807) is 0 Å². The van der Waals surface area contributed by atoms with Crippen LogP contribution in [0.4, 0.5) is 0 Å². The highest BCUT2D eigenvalue weighted by atomic mass is 28.4. The second-order valence-electron chi connectivity index (χ2n) is 6.93. The van der Waals surface area contributed by atoms with Gasteiger partial charge in [-0.15, -0.1) is 6.58 Å². The fraction of sp³-hybridized carbons (Fsp3) is 0.643. The maximum absolute atomic E-state index is 10.9. The number of aliphatic hydroxyl groups is 1. The van der Waals surface area contributed by atoms with Gasteiger partial charge in [0.05, 0.1) is 12.8 Å². The first-order chi connectivity index (χ1) is 11.0. The van der Waals surface area contributed by atoms with Crippen LogP contribution >= 0.6 is 0 Å². The van der Waals surface area contributed by atoms with Gasteiger partial charge in [0.1, 0.15) is 12.7 Å². The molecule has 0 saturated heterocycles. The highest BCUT2D eigenvalue weighted by molar-refractivity contribution is 6.92. The van der Waals surface area contributed by atoms with Crippen LogP contribution in [0.15, 0.2) is 24.1 Å². The quantitative estimate of drug-likeness (QED) is 0.205. The first kappa shape index (κ1) is 23.7. The van der Waals surface area contributed by atoms with Crippen LogP contribution in [0, 0.1) is 0 Å². The fourth-order valence-corrected chi connectivity index (χ4v) is 10.3. The first-order valence-electron chi connectivity index (χ1n) is 7.99. The van der Waals surface area contributed by atoms with Crippen molar-refractivity contribution < 1.29 is 27.6 Å². The van der Waals surface area contributed by atoms with Crippen LogP contribution in [-0.2, 0) is 22.5 Å². The standard InChI is InChI=1S/C14H32O6Si4/c1-8-14(16)18-10-13(15)9-17-11-21-19-24(6,7)12(2)22-20-23(3,4)5/h8,13,15H,1-2,9-11,21-22H2,3-7H3. The molecule has 1 atom stereocenters. The van der Waals surface area contributed by atoms with Crippen molar-refractivity contribution >= 4 is 42.1 Å². The van der Waals surface area contributed by atoms with Gasteiger partial charge in [-0.05, 0) is 32.7 Å². The molecule has 1 unspecified atom stereocenters. The summed E-state index contributed by atoms with van der Waals surface area (Å²) in [7, 11) is -5.00. The Hall–Kier alpha value is -0.342. The second-order valence-corrected chi connectivity index (χ2v) is 19.9. The summed E-state index contributed by atoms with van der Waals surface area (Å²) in [5, 5.41) is 9.61. The molecule has 0 rings (SSSR count). The number of aliphatic hydroxyl groups excluding tert-OH is 1. The lowest BCUT2D eigenvalue weighted by Gasteiger charge is -2.28. The molecule has 0 aliphatic rings. The summed E-state index contributed by atoms with van der Waals surface area (Å²) in [6.07, 6.45) is 0.732. The molecule has 0 aromatic carbocycles. The summed E-state index contributed by atoms with van der Waals surface area (Å²) in [5.41, 5.74) is 0. The maximum Gasteiger partial charge on any atom is 0.330 e. The zero-order valence-corrected chi connectivity index (χ0v) is 20.4. The molecule has 0 bridgehead atoms. The van der Waals surface area contributed by atoms with Crippen molar-refractivity contribution in [1.82, 2.24) is 0 Å². The largest absolute Gasteiger partial charge is 0.460 e. The van der Waals surface area contributed by atoms with E-state index >= 15 is 0 Å². The Kier molecular flexibility index (Phi) is 11.1. The van der Waals surface area contributed by atoms with Gasteiger partial charge in [-0.3, -0.25) is 0 Å². The molecule has 0 heterocycles. The molecular weight excluding hydrogens is 376 g/mol. The van der Waals surface area contributed by atoms with Crippen LogP contribution in [0.25, 0.3) is 0 Å². The molecule has 0 fully saturated rings. The fourth-order valence-electron chi connectivity index (χ4n) is 1.44. The van der Waals surface area contributed by atoms with E-state index in [9.17, 15) is 9.90 Å². The van der Waals surface area contributed by atoms with Crippen molar-refractivity contribution in [1.29, 1.82) is 0 Å². The number of hydrogen-bond donors (Lipinski definition) is 1. The number of rotatable bonds is 13. The minimum Gasteiger partial charge on any atom is -0.460 e. The smallest absolute Gasteiger partial charge is 0.330 e. The van der Waals surface area contributed by atoms with Crippen LogP contribution < -0.4 is 0 Å². The zero-order chi connectivity index (χ0) is 18.8. The summed E-state index contributed by atoms with van der Waals surface area (Å²) >= 11 is 0. The van der Waals surface area contributed by atoms with Crippen LogP contribution in [0.1, 0.15) is 0 Å². The Bertz CT molecular complexity index is 422. The van der Waals surface area contributed by atoms with Crippen molar-refractivity contribution in [3.05, 3.63) is 24.1 Å². The van der Waals surface area contributed by atoms with Crippen LogP contribution in [-0.4, -0.2) is 72.8 Å². The third-order valence-corrected chi connectivity index (χ3v) is 16.4. The van der Waals surface area contributed by atoms with Crippen molar-refractivity contribution in [2.24, 2.45) is 0 Å². The topological polar surface area (TPSA) is 74.2 Å². The van der Waals surface area contributed by atoms with Crippen LogP contribution in [0.3, 0.4) is 0 Å². The van der Waals surface area contributed by atoms with Crippen molar-refractivity contribution in [2.45, 2.75) is 38.8 Å². The third kappa shape index (κ3) is 12.1. The van der Waals surface area contributed by atoms with Crippen molar-refractivity contribution in [3.63, 3.8) is 0 Å². The third-order valence-electron chi connectivity index (χ3n) is 3.12. The molecule has 0 saturated carbocycles. The zero-order valence-electron chi connectivity index (χ0n) is 15.6. The summed E-state index contributed by atoms with van der Waals surface area (Å²) < 4.78 is 22.3. The summed E-state index contributed by atoms with van der Waals surface area (Å²) in [6, 6.07) is 0. The summed E-state index contributed by atoms with van der Waals surface area (Å²) in [4.78, 5) is 12.1. The molecule has 24 heavy (non-hydrogen) atoms. The Morgan fingerprint density at radius 2 is 1.83 bits per heavy atom. The molecule has 0 aliphatic carbocycles. The Balaban J connectivity index is 3.90. The molecular formula is C14H32O6Si4. The lowest BCUT2D eigenvalue weighted by atomic mass is 10.4. The predicted octanol–water partition coefficient (Wildman–Crippen LogP) is 0.344. The second kappa shape index (κ2) is 11.3. The van der Waals surface area contributed by atoms with Gasteiger partial charge >= 0.3 is 5.97 Å². The van der Waals surface area contributed by atoms with E-state index in [1.807, 2.05) is 0 Å².